The van der Waals surface area contributed by atoms with Crippen molar-refractivity contribution in [2.45, 2.75) is 57.8 Å². The molecule has 1 saturated heterocycles. The Morgan fingerprint density at radius 1 is 1.03 bits per heavy atom. The van der Waals surface area contributed by atoms with Crippen LogP contribution in [-0.4, -0.2) is 28.9 Å². The number of carbonyl (C=O) groups is 2. The zero-order valence-corrected chi connectivity index (χ0v) is 21.7. The van der Waals surface area contributed by atoms with Crippen LogP contribution >= 0.6 is 11.6 Å². The molecule has 0 spiro atoms. The summed E-state index contributed by atoms with van der Waals surface area (Å²) >= 11 is 5.92. The van der Waals surface area contributed by atoms with Crippen LogP contribution in [0, 0.1) is 6.92 Å². The van der Waals surface area contributed by atoms with Gasteiger partial charge in [-0.2, -0.15) is 0 Å². The molecular formula is C31H31ClN2O3. The number of ether oxygens (including phenoxy) is 1. The molecule has 2 amide bonds. The van der Waals surface area contributed by atoms with E-state index in [2.05, 4.69) is 30.4 Å². The molecule has 1 aliphatic heterocycles. The van der Waals surface area contributed by atoms with Crippen LogP contribution in [0.4, 0.5) is 0 Å². The van der Waals surface area contributed by atoms with Crippen molar-refractivity contribution in [3.8, 4) is 0 Å². The third kappa shape index (κ3) is 6.05. The maximum atomic E-state index is 13.6. The molecule has 3 aromatic carbocycles. The second-order valence-corrected chi connectivity index (χ2v) is 10.3. The fraction of sp³-hybridized carbons (Fsp3) is 0.290. The van der Waals surface area contributed by atoms with Gasteiger partial charge < -0.3 is 15.0 Å². The quantitative estimate of drug-likeness (QED) is 0.393. The smallest absolute Gasteiger partial charge is 0.289 e. The molecule has 3 aromatic rings. The molecule has 2 atom stereocenters. The van der Waals surface area contributed by atoms with Gasteiger partial charge in [0.1, 0.15) is 6.10 Å². The van der Waals surface area contributed by atoms with E-state index in [0.29, 0.717) is 29.4 Å². The number of benzene rings is 3. The number of hydrogen-bond acceptors (Lipinski definition) is 3. The molecule has 1 saturated carbocycles. The lowest BCUT2D eigenvalue weighted by Gasteiger charge is -2.44. The molecule has 2 unspecified atom stereocenters. The summed E-state index contributed by atoms with van der Waals surface area (Å²) in [5, 5.41) is 3.59. The van der Waals surface area contributed by atoms with Gasteiger partial charge >= 0.3 is 0 Å². The lowest BCUT2D eigenvalue weighted by Crippen LogP contribution is -2.54. The van der Waals surface area contributed by atoms with Gasteiger partial charge in [-0.25, -0.2) is 0 Å². The molecule has 5 nitrogen and oxygen atoms in total. The molecular weight excluding hydrogens is 484 g/mol. The number of nitrogens with one attached hydrogen (secondary N) is 1. The highest BCUT2D eigenvalue weighted by Crippen LogP contribution is 2.34. The van der Waals surface area contributed by atoms with E-state index in [4.69, 9.17) is 16.3 Å². The van der Waals surface area contributed by atoms with Crippen LogP contribution in [0.1, 0.15) is 58.3 Å². The molecule has 0 bridgehead atoms. The summed E-state index contributed by atoms with van der Waals surface area (Å²) in [4.78, 5) is 28.1. The van der Waals surface area contributed by atoms with Crippen molar-refractivity contribution in [2.75, 3.05) is 0 Å². The van der Waals surface area contributed by atoms with Crippen molar-refractivity contribution >= 4 is 29.5 Å². The van der Waals surface area contributed by atoms with Gasteiger partial charge in [0.2, 0.25) is 0 Å². The minimum absolute atomic E-state index is 0.0143. The monoisotopic (exact) mass is 514 g/mol. The van der Waals surface area contributed by atoms with E-state index in [1.54, 1.807) is 30.3 Å². The van der Waals surface area contributed by atoms with Gasteiger partial charge in [0, 0.05) is 23.7 Å². The summed E-state index contributed by atoms with van der Waals surface area (Å²) in [6, 6.07) is 23.0. The molecule has 2 fully saturated rings. The van der Waals surface area contributed by atoms with Crippen molar-refractivity contribution in [3.05, 3.63) is 111 Å². The van der Waals surface area contributed by atoms with Crippen molar-refractivity contribution in [3.63, 3.8) is 0 Å². The zero-order chi connectivity index (χ0) is 25.8. The highest BCUT2D eigenvalue weighted by Gasteiger charge is 2.41. The van der Waals surface area contributed by atoms with E-state index >= 15 is 0 Å². The minimum atomic E-state index is -0.159. The van der Waals surface area contributed by atoms with Crippen LogP contribution < -0.4 is 5.32 Å². The van der Waals surface area contributed by atoms with Crippen molar-refractivity contribution in [1.29, 1.82) is 0 Å². The first kappa shape index (κ1) is 25.1. The van der Waals surface area contributed by atoms with Crippen LogP contribution in [0.3, 0.4) is 0 Å². The molecule has 6 heteroatoms. The van der Waals surface area contributed by atoms with E-state index in [9.17, 15) is 9.59 Å². The predicted molar refractivity (Wildman–Crippen MR) is 146 cm³/mol. The molecule has 1 aliphatic carbocycles. The number of fused-ring (bicyclic) bond motifs is 1. The molecule has 1 N–H and O–H groups in total. The fourth-order valence-electron chi connectivity index (χ4n) is 5.14. The van der Waals surface area contributed by atoms with Gasteiger partial charge in [0.25, 0.3) is 11.8 Å². The largest absolute Gasteiger partial charge is 0.482 e. The lowest BCUT2D eigenvalue weighted by atomic mass is 9.89. The van der Waals surface area contributed by atoms with Gasteiger partial charge in [-0.1, -0.05) is 72.1 Å². The topological polar surface area (TPSA) is 58.6 Å². The number of carbonyl (C=O) groups excluding carboxylic acids is 2. The Bertz CT molecular complexity index is 1300. The Balaban J connectivity index is 1.29. The average Bonchev–Trinajstić information content (AvgIpc) is 2.91. The van der Waals surface area contributed by atoms with Crippen LogP contribution in [0.2, 0.25) is 5.02 Å². The second-order valence-electron chi connectivity index (χ2n) is 9.87. The van der Waals surface area contributed by atoms with Crippen LogP contribution in [-0.2, 0) is 22.6 Å². The molecule has 37 heavy (non-hydrogen) atoms. The number of morpholine rings is 1. The number of hydrogen-bond donors (Lipinski definition) is 1. The van der Waals surface area contributed by atoms with Crippen LogP contribution in [0.5, 0.6) is 0 Å². The standard InChI is InChI=1S/C31H31ClN2O3/c1-21-5-4-6-24(17-21)20-34-27-7-2-3-8-28(27)37-29(31(34)36)18-22-9-13-25(14-10-22)30(35)33-19-23-11-15-26(32)16-12-23/h4-6,9-18,27-28H,2-3,7-8,19-20H2,1H3,(H,33,35)/b29-18+. The van der Waals surface area contributed by atoms with Crippen LogP contribution in [0.15, 0.2) is 78.6 Å². The van der Waals surface area contributed by atoms with E-state index in [0.717, 1.165) is 42.4 Å². The van der Waals surface area contributed by atoms with E-state index in [1.165, 1.54) is 5.56 Å². The zero-order valence-electron chi connectivity index (χ0n) is 21.0. The number of halogens is 1. The van der Waals surface area contributed by atoms with E-state index < -0.39 is 0 Å². The maximum Gasteiger partial charge on any atom is 0.289 e. The first-order valence-electron chi connectivity index (χ1n) is 12.8. The summed E-state index contributed by atoms with van der Waals surface area (Å²) in [7, 11) is 0. The van der Waals surface area contributed by atoms with Gasteiger partial charge in [0.15, 0.2) is 5.76 Å². The molecule has 190 valence electrons. The summed E-state index contributed by atoms with van der Waals surface area (Å²) < 4.78 is 6.25. The van der Waals surface area contributed by atoms with E-state index in [-0.39, 0.29) is 24.0 Å². The van der Waals surface area contributed by atoms with Gasteiger partial charge in [0.05, 0.1) is 6.04 Å². The SMILES string of the molecule is Cc1cccc(CN2C(=O)/C(=C\c3ccc(C(=O)NCc4ccc(Cl)cc4)cc3)OC3CCCCC32)c1. The number of amides is 2. The second kappa shape index (κ2) is 11.2. The number of aryl methyl sites for hydroxylation is 1. The van der Waals surface area contributed by atoms with Gasteiger partial charge in [-0.05, 0) is 73.2 Å². The van der Waals surface area contributed by atoms with Crippen molar-refractivity contribution in [2.24, 2.45) is 0 Å². The first-order chi connectivity index (χ1) is 18.0. The average molecular weight is 515 g/mol. The Morgan fingerprint density at radius 2 is 1.78 bits per heavy atom. The Morgan fingerprint density at radius 3 is 2.54 bits per heavy atom. The van der Waals surface area contributed by atoms with Crippen molar-refractivity contribution in [1.82, 2.24) is 10.2 Å². The fourth-order valence-corrected chi connectivity index (χ4v) is 5.26. The highest BCUT2D eigenvalue weighted by atomic mass is 35.5. The molecule has 0 radical (unpaired) electrons. The Labute approximate surface area is 223 Å². The third-order valence-corrected chi connectivity index (χ3v) is 7.34. The first-order valence-corrected chi connectivity index (χ1v) is 13.2. The summed E-state index contributed by atoms with van der Waals surface area (Å²) in [5.41, 5.74) is 4.67. The summed E-state index contributed by atoms with van der Waals surface area (Å²) in [5.74, 6) is 0.138. The summed E-state index contributed by atoms with van der Waals surface area (Å²) in [6.45, 7) is 3.07. The Hall–Kier alpha value is -3.57. The molecule has 2 aliphatic rings. The third-order valence-electron chi connectivity index (χ3n) is 7.09. The molecule has 0 aromatic heterocycles. The van der Waals surface area contributed by atoms with Gasteiger partial charge in [-0.15, -0.1) is 0 Å². The van der Waals surface area contributed by atoms with E-state index in [1.807, 2.05) is 35.2 Å². The highest BCUT2D eigenvalue weighted by molar-refractivity contribution is 6.30. The minimum Gasteiger partial charge on any atom is -0.482 e. The van der Waals surface area contributed by atoms with Crippen LogP contribution in [0.25, 0.3) is 6.08 Å². The normalized spacial score (nSPS) is 20.3. The number of rotatable bonds is 6. The van der Waals surface area contributed by atoms with Crippen molar-refractivity contribution < 1.29 is 14.3 Å². The lowest BCUT2D eigenvalue weighted by molar-refractivity contribution is -0.149. The predicted octanol–water partition coefficient (Wildman–Crippen LogP) is 6.29. The molecule has 1 heterocycles. The summed E-state index contributed by atoms with van der Waals surface area (Å²) in [6.07, 6.45) is 5.96. The molecule has 5 rings (SSSR count). The maximum absolute atomic E-state index is 13.6. The van der Waals surface area contributed by atoms with Gasteiger partial charge in [-0.3, -0.25) is 9.59 Å². The Kier molecular flexibility index (Phi) is 7.61. The number of nitrogens with zero attached hydrogens (tertiary/aromatic N) is 1.